The third-order valence-corrected chi connectivity index (χ3v) is 16.4. The largest absolute Gasteiger partial charge is 0.481 e. The number of H-pyrrole nitrogens is 3. The van der Waals surface area contributed by atoms with E-state index in [1.54, 1.807) is 101 Å². The highest BCUT2D eigenvalue weighted by molar-refractivity contribution is 6.05. The molecule has 0 atom stereocenters. The van der Waals surface area contributed by atoms with Gasteiger partial charge in [0.2, 0.25) is 45.6 Å². The van der Waals surface area contributed by atoms with Crippen molar-refractivity contribution in [2.75, 3.05) is 54.6 Å². The molecule has 0 aliphatic carbocycles. The third kappa shape index (κ3) is 25.0. The molecule has 13 rings (SSSR count). The summed E-state index contributed by atoms with van der Waals surface area (Å²) in [7, 11) is 6.34. The number of benzene rings is 4. The van der Waals surface area contributed by atoms with Crippen molar-refractivity contribution < 1.29 is 37.4 Å². The zero-order valence-corrected chi connectivity index (χ0v) is 59.7. The second-order valence-corrected chi connectivity index (χ2v) is 24.0. The fourth-order valence-electron chi connectivity index (χ4n) is 11.1. The van der Waals surface area contributed by atoms with Gasteiger partial charge in [0, 0.05) is 127 Å². The van der Waals surface area contributed by atoms with Crippen LogP contribution < -0.4 is 63.3 Å². The number of methoxy groups -OCH3 is 4. The van der Waals surface area contributed by atoms with Crippen LogP contribution in [-0.2, 0) is 45.3 Å². The first-order valence-corrected chi connectivity index (χ1v) is 34.3. The number of carbonyl (C=O) groups is 2. The normalized spacial score (nSPS) is 10.6. The SMILES string of the molecule is COc1cc(C=O)ccn1.COc1cc(CCCN)ccn1.COc1cc(CN(CCCc2cc[nH]c(=O)c2)Cc2coc3c(ccc4ccccc43)c2=O)ccn1.COc1cc(CNCCCc2cc[nH]c(=O)c2)ccn1.NCCCc1cc[nH]c(=O)c1.O=Cc1coc2c(ccc3ccccc32)c1=O. The number of aryl methyl sites for hydroxylation is 4. The summed E-state index contributed by atoms with van der Waals surface area (Å²) in [6.07, 6.45) is 23.1. The maximum Gasteiger partial charge on any atom is 0.248 e. The number of ether oxygens (including phenoxy) is 4. The van der Waals surface area contributed by atoms with Crippen LogP contribution >= 0.6 is 0 Å². The number of nitrogens with one attached hydrogen (secondary N) is 4. The predicted octanol–water partition coefficient (Wildman–Crippen LogP) is 11.1. The highest BCUT2D eigenvalue weighted by atomic mass is 16.5. The van der Waals surface area contributed by atoms with Gasteiger partial charge in [-0.1, -0.05) is 60.7 Å². The first-order valence-electron chi connectivity index (χ1n) is 34.3. The zero-order chi connectivity index (χ0) is 75.3. The van der Waals surface area contributed by atoms with Gasteiger partial charge in [-0.15, -0.1) is 0 Å². The number of hydrogen-bond acceptors (Lipinski definition) is 21. The van der Waals surface area contributed by atoms with Crippen LogP contribution in [0.5, 0.6) is 23.5 Å². The van der Waals surface area contributed by atoms with Crippen molar-refractivity contribution in [3.8, 4) is 23.5 Å². The second-order valence-electron chi connectivity index (χ2n) is 24.0. The summed E-state index contributed by atoms with van der Waals surface area (Å²) >= 11 is 0. The number of pyridine rings is 7. The van der Waals surface area contributed by atoms with E-state index >= 15 is 0 Å². The van der Waals surface area contributed by atoms with Gasteiger partial charge in [-0.3, -0.25) is 38.5 Å². The molecule has 0 radical (unpaired) electrons. The third-order valence-electron chi connectivity index (χ3n) is 16.4. The van der Waals surface area contributed by atoms with Gasteiger partial charge in [-0.25, -0.2) is 19.9 Å². The van der Waals surface area contributed by atoms with Crippen LogP contribution in [-0.4, -0.2) is 107 Å². The van der Waals surface area contributed by atoms with Gasteiger partial charge < -0.3 is 59.5 Å². The fraction of sp³-hybridized carbons (Fsp3) is 0.232. The highest BCUT2D eigenvalue weighted by Crippen LogP contribution is 2.26. The second kappa shape index (κ2) is 42.9. The molecule has 0 saturated heterocycles. The Labute approximate surface area is 611 Å². The first-order chi connectivity index (χ1) is 51.7. The van der Waals surface area contributed by atoms with Crippen molar-refractivity contribution in [3.63, 3.8) is 0 Å². The number of nitrogens with zero attached hydrogens (tertiary/aromatic N) is 5. The lowest BCUT2D eigenvalue weighted by molar-refractivity contribution is 0.111. The van der Waals surface area contributed by atoms with Gasteiger partial charge in [-0.2, -0.15) is 0 Å². The molecule has 4 aromatic carbocycles. The maximum atomic E-state index is 13.4. The highest BCUT2D eigenvalue weighted by Gasteiger charge is 2.16. The van der Waals surface area contributed by atoms with Crippen molar-refractivity contribution in [1.29, 1.82) is 0 Å². The Kier molecular flexibility index (Phi) is 32.1. The topological polar surface area (TPSA) is 349 Å². The standard InChI is InChI=1S/C29H27N3O4.C15H19N3O2.C14H8O3.C9H14N2O.C8H12N2O.C7H7NO2/c1-35-27-16-21(11-13-31-27)17-32(14-4-5-20-10-12-30-26(33)15-20)18-23-19-36-29-24-7-3-2-6-22(24)8-9-25(29)28(23)34;1-20-15-10-13(5-8-18-15)11-16-6-2-3-12-4-7-17-14(19)9-12;15-7-10-8-17-14-11-4-2-1-3-9(11)5-6-12(14)13(10)16;1-12-9-7-8(3-2-5-10)4-6-11-9;9-4-1-2-7-3-5-10-8(11)6-7;1-10-7-4-6(5-9)2-3-8-7/h2-3,6-13,15-16,19H,4-5,14,17-18H2,1H3,(H,30,33);4-5,7-10,16H,2-3,6,11H2,1H3,(H,17,19);1-8H;4,6-7H,2-3,5,10H2,1H3;3,5-6H,1-2,4,9H2,(H,10,11);2-5H,1H3. The van der Waals surface area contributed by atoms with Crippen molar-refractivity contribution in [3.05, 3.63) is 315 Å². The number of fused-ring (bicyclic) bond motifs is 6. The molecule has 0 spiro atoms. The van der Waals surface area contributed by atoms with Crippen LogP contribution in [0.3, 0.4) is 0 Å². The Morgan fingerprint density at radius 1 is 0.443 bits per heavy atom. The van der Waals surface area contributed by atoms with Crippen LogP contribution in [0, 0.1) is 0 Å². The molecular formula is C82H87N11O13. The quantitative estimate of drug-likeness (QED) is 0.0167. The average molecular weight is 1430 g/mol. The fourth-order valence-corrected chi connectivity index (χ4v) is 11.1. The molecule has 9 heterocycles. The van der Waals surface area contributed by atoms with Gasteiger partial charge in [0.25, 0.3) is 0 Å². The molecule has 0 unspecified atom stereocenters. The van der Waals surface area contributed by atoms with E-state index in [2.05, 4.69) is 45.1 Å². The van der Waals surface area contributed by atoms with Gasteiger partial charge in [-0.05, 0) is 176 Å². The van der Waals surface area contributed by atoms with Crippen LogP contribution in [0.25, 0.3) is 43.5 Å². The van der Waals surface area contributed by atoms with E-state index in [0.717, 1.165) is 133 Å². The number of aromatic amines is 3. The molecule has 9 aromatic heterocycles. The molecule has 24 heteroatoms. The number of carbonyl (C=O) groups excluding carboxylic acids is 2. The van der Waals surface area contributed by atoms with E-state index in [0.29, 0.717) is 82.5 Å². The van der Waals surface area contributed by atoms with Gasteiger partial charge in [0.1, 0.15) is 23.7 Å². The predicted molar refractivity (Wildman–Crippen MR) is 412 cm³/mol. The maximum absolute atomic E-state index is 13.4. The lowest BCUT2D eigenvalue weighted by atomic mass is 10.1. The molecule has 548 valence electrons. The van der Waals surface area contributed by atoms with Crippen molar-refractivity contribution in [2.45, 2.75) is 71.0 Å². The summed E-state index contributed by atoms with van der Waals surface area (Å²) in [6.45, 7) is 4.87. The van der Waals surface area contributed by atoms with E-state index in [-0.39, 0.29) is 33.1 Å². The summed E-state index contributed by atoms with van der Waals surface area (Å²) < 4.78 is 31.6. The number of aldehydes is 2. The molecule has 24 nitrogen and oxygen atoms in total. The minimum absolute atomic E-state index is 0.0195. The summed E-state index contributed by atoms with van der Waals surface area (Å²) in [6, 6.07) is 48.4. The lowest BCUT2D eigenvalue weighted by Crippen LogP contribution is -2.27. The minimum Gasteiger partial charge on any atom is -0.481 e. The van der Waals surface area contributed by atoms with Crippen molar-refractivity contribution in [2.24, 2.45) is 11.5 Å². The average Bonchev–Trinajstić information content (AvgIpc) is 0.781. The van der Waals surface area contributed by atoms with Crippen LogP contribution in [0.4, 0.5) is 0 Å². The Morgan fingerprint density at radius 2 is 0.887 bits per heavy atom. The Bertz CT molecular complexity index is 5250. The zero-order valence-electron chi connectivity index (χ0n) is 59.7. The molecule has 0 aliphatic heterocycles. The van der Waals surface area contributed by atoms with E-state index in [9.17, 15) is 33.6 Å². The smallest absolute Gasteiger partial charge is 0.248 e. The summed E-state index contributed by atoms with van der Waals surface area (Å²) in [4.78, 5) is 106. The summed E-state index contributed by atoms with van der Waals surface area (Å²) in [5.41, 5.74) is 19.1. The summed E-state index contributed by atoms with van der Waals surface area (Å²) in [5, 5.41) is 8.23. The molecule has 0 amide bonds. The molecule has 0 aliphatic rings. The van der Waals surface area contributed by atoms with Crippen molar-refractivity contribution in [1.82, 2.24) is 45.1 Å². The number of nitrogens with two attached hydrogens (primary N) is 2. The molecule has 0 bridgehead atoms. The number of aromatic nitrogens is 7. The van der Waals surface area contributed by atoms with E-state index in [4.69, 9.17) is 39.2 Å². The summed E-state index contributed by atoms with van der Waals surface area (Å²) in [5.74, 6) is 2.31. The van der Waals surface area contributed by atoms with E-state index in [1.165, 1.54) is 25.1 Å². The van der Waals surface area contributed by atoms with Crippen molar-refractivity contribution >= 4 is 56.1 Å². The monoisotopic (exact) mass is 1430 g/mol. The number of rotatable bonds is 26. The lowest BCUT2D eigenvalue weighted by Gasteiger charge is -2.22. The van der Waals surface area contributed by atoms with Crippen LogP contribution in [0.2, 0.25) is 0 Å². The Hall–Kier alpha value is -12.4. The molecule has 13 aromatic rings. The van der Waals surface area contributed by atoms with Gasteiger partial charge >= 0.3 is 0 Å². The number of hydrogen-bond donors (Lipinski definition) is 6. The van der Waals surface area contributed by atoms with Crippen LogP contribution in [0.1, 0.15) is 85.3 Å². The molecule has 0 saturated carbocycles. The minimum atomic E-state index is -0.285. The molecule has 8 N–H and O–H groups in total. The Morgan fingerprint density at radius 3 is 1.40 bits per heavy atom. The molecule has 106 heavy (non-hydrogen) atoms. The first kappa shape index (κ1) is 79.4. The Balaban J connectivity index is 0.000000173. The van der Waals surface area contributed by atoms with Gasteiger partial charge in [0.05, 0.1) is 51.0 Å². The van der Waals surface area contributed by atoms with E-state index in [1.807, 2.05) is 121 Å². The molecular weight excluding hydrogens is 1350 g/mol. The van der Waals surface area contributed by atoms with Crippen LogP contribution in [0.15, 0.2) is 246 Å². The van der Waals surface area contributed by atoms with Gasteiger partial charge in [0.15, 0.2) is 11.7 Å². The molecule has 0 fully saturated rings. The van der Waals surface area contributed by atoms with E-state index < -0.39 is 0 Å².